The summed E-state index contributed by atoms with van der Waals surface area (Å²) < 4.78 is 41.4. The zero-order valence-corrected chi connectivity index (χ0v) is 18.1. The molecule has 1 amide bonds. The zero-order chi connectivity index (χ0) is 24.6. The number of amides is 1. The van der Waals surface area contributed by atoms with Crippen molar-refractivity contribution in [1.29, 1.82) is 0 Å². The SMILES string of the molecule is Cc1cc(=O)c(C(=O)N(C)Cc2nc3ccccc3c(=O)[nH]2)nn1-c1ccccc1C(F)(F)F. The first kappa shape index (κ1) is 22.9. The number of para-hydroxylation sites is 2. The van der Waals surface area contributed by atoms with Crippen LogP contribution in [-0.4, -0.2) is 37.6 Å². The first-order chi connectivity index (χ1) is 16.1. The largest absolute Gasteiger partial charge is 0.418 e. The third kappa shape index (κ3) is 4.32. The summed E-state index contributed by atoms with van der Waals surface area (Å²) in [5.74, 6) is -0.659. The van der Waals surface area contributed by atoms with Crippen LogP contribution in [0.25, 0.3) is 16.6 Å². The molecule has 0 unspecified atom stereocenters. The van der Waals surface area contributed by atoms with Crippen LogP contribution in [0.5, 0.6) is 0 Å². The van der Waals surface area contributed by atoms with E-state index in [1.54, 1.807) is 24.3 Å². The van der Waals surface area contributed by atoms with E-state index >= 15 is 0 Å². The predicted octanol–water partition coefficient (Wildman–Crippen LogP) is 3.07. The molecule has 174 valence electrons. The van der Waals surface area contributed by atoms with Crippen LogP contribution in [0.2, 0.25) is 0 Å². The summed E-state index contributed by atoms with van der Waals surface area (Å²) >= 11 is 0. The van der Waals surface area contributed by atoms with Crippen molar-refractivity contribution < 1.29 is 18.0 Å². The monoisotopic (exact) mass is 469 g/mol. The van der Waals surface area contributed by atoms with E-state index in [0.717, 1.165) is 21.7 Å². The first-order valence-electron chi connectivity index (χ1n) is 10.1. The van der Waals surface area contributed by atoms with Gasteiger partial charge in [-0.05, 0) is 31.2 Å². The van der Waals surface area contributed by atoms with E-state index in [4.69, 9.17) is 0 Å². The van der Waals surface area contributed by atoms with Gasteiger partial charge in [0.25, 0.3) is 11.5 Å². The predicted molar refractivity (Wildman–Crippen MR) is 118 cm³/mol. The highest BCUT2D eigenvalue weighted by molar-refractivity contribution is 5.91. The van der Waals surface area contributed by atoms with Crippen molar-refractivity contribution in [2.24, 2.45) is 0 Å². The van der Waals surface area contributed by atoms with Crippen LogP contribution in [-0.2, 0) is 12.7 Å². The zero-order valence-electron chi connectivity index (χ0n) is 18.1. The van der Waals surface area contributed by atoms with Crippen LogP contribution >= 0.6 is 0 Å². The maximum absolute atomic E-state index is 13.5. The molecule has 0 bridgehead atoms. The van der Waals surface area contributed by atoms with Gasteiger partial charge in [0.05, 0.1) is 28.7 Å². The third-order valence-corrected chi connectivity index (χ3v) is 5.14. The Morgan fingerprint density at radius 2 is 1.76 bits per heavy atom. The average Bonchev–Trinajstić information content (AvgIpc) is 2.78. The van der Waals surface area contributed by atoms with Crippen molar-refractivity contribution in [3.05, 3.63) is 98.0 Å². The second kappa shape index (κ2) is 8.58. The molecule has 0 aliphatic heterocycles. The Morgan fingerprint density at radius 1 is 1.09 bits per heavy atom. The van der Waals surface area contributed by atoms with Crippen molar-refractivity contribution in [2.45, 2.75) is 19.6 Å². The van der Waals surface area contributed by atoms with Crippen LogP contribution in [0.4, 0.5) is 13.2 Å². The molecule has 0 fully saturated rings. The van der Waals surface area contributed by atoms with E-state index in [1.807, 2.05) is 0 Å². The van der Waals surface area contributed by atoms with Crippen LogP contribution in [0, 0.1) is 6.92 Å². The molecule has 0 radical (unpaired) electrons. The molecule has 8 nitrogen and oxygen atoms in total. The van der Waals surface area contributed by atoms with Crippen molar-refractivity contribution in [2.75, 3.05) is 7.05 Å². The molecule has 0 saturated heterocycles. The number of aromatic nitrogens is 4. The van der Waals surface area contributed by atoms with E-state index < -0.39 is 28.8 Å². The van der Waals surface area contributed by atoms with Gasteiger partial charge in [0.2, 0.25) is 5.43 Å². The van der Waals surface area contributed by atoms with Crippen LogP contribution in [0.15, 0.2) is 64.2 Å². The highest BCUT2D eigenvalue weighted by Crippen LogP contribution is 2.33. The average molecular weight is 469 g/mol. The quantitative estimate of drug-likeness (QED) is 0.495. The molecule has 0 saturated carbocycles. The van der Waals surface area contributed by atoms with Gasteiger partial charge in [0.15, 0.2) is 5.69 Å². The maximum Gasteiger partial charge on any atom is 0.418 e. The summed E-state index contributed by atoms with van der Waals surface area (Å²) in [6.07, 6.45) is -4.66. The van der Waals surface area contributed by atoms with E-state index in [0.29, 0.717) is 10.9 Å². The fourth-order valence-corrected chi connectivity index (χ4v) is 3.52. The normalized spacial score (nSPS) is 11.6. The molecule has 0 aliphatic carbocycles. The van der Waals surface area contributed by atoms with Gasteiger partial charge in [-0.15, -0.1) is 0 Å². The molecular formula is C23H18F3N5O3. The highest BCUT2D eigenvalue weighted by Gasteiger charge is 2.34. The summed E-state index contributed by atoms with van der Waals surface area (Å²) in [6.45, 7) is 1.26. The number of halogens is 3. The Bertz CT molecular complexity index is 1530. The molecule has 34 heavy (non-hydrogen) atoms. The molecule has 4 aromatic rings. The van der Waals surface area contributed by atoms with Gasteiger partial charge in [-0.3, -0.25) is 14.4 Å². The van der Waals surface area contributed by atoms with Crippen molar-refractivity contribution in [3.8, 4) is 5.69 Å². The van der Waals surface area contributed by atoms with Crippen molar-refractivity contribution >= 4 is 16.8 Å². The standard InChI is InChI=1S/C23H18F3N5O3/c1-13-11-18(32)20(29-31(13)17-10-6-4-8-15(17)23(24,25)26)22(34)30(2)12-19-27-16-9-5-3-7-14(16)21(33)28-19/h3-11H,12H2,1-2H3,(H,27,28,33). The number of carbonyl (C=O) groups is 1. The minimum Gasteiger partial charge on any atom is -0.333 e. The fourth-order valence-electron chi connectivity index (χ4n) is 3.52. The maximum atomic E-state index is 13.5. The fraction of sp³-hybridized carbons (Fsp3) is 0.174. The number of hydrogen-bond donors (Lipinski definition) is 1. The van der Waals surface area contributed by atoms with Gasteiger partial charge in [0.1, 0.15) is 5.82 Å². The summed E-state index contributed by atoms with van der Waals surface area (Å²) in [4.78, 5) is 45.8. The Hall–Kier alpha value is -4.28. The molecule has 0 atom stereocenters. The molecular weight excluding hydrogens is 451 g/mol. The van der Waals surface area contributed by atoms with Crippen LogP contribution in [0.3, 0.4) is 0 Å². The lowest BCUT2D eigenvalue weighted by atomic mass is 10.1. The first-order valence-corrected chi connectivity index (χ1v) is 10.1. The van der Waals surface area contributed by atoms with Gasteiger partial charge < -0.3 is 9.88 Å². The Kier molecular flexibility index (Phi) is 5.78. The number of H-pyrrole nitrogens is 1. The van der Waals surface area contributed by atoms with E-state index in [2.05, 4.69) is 15.1 Å². The lowest BCUT2D eigenvalue weighted by molar-refractivity contribution is -0.137. The summed E-state index contributed by atoms with van der Waals surface area (Å²) in [5.41, 5.74) is -2.41. The van der Waals surface area contributed by atoms with Crippen LogP contribution < -0.4 is 11.0 Å². The number of nitrogens with zero attached hydrogens (tertiary/aromatic N) is 4. The van der Waals surface area contributed by atoms with Crippen molar-refractivity contribution in [3.63, 3.8) is 0 Å². The van der Waals surface area contributed by atoms with Gasteiger partial charge in [0, 0.05) is 18.8 Å². The number of hydrogen-bond acceptors (Lipinski definition) is 5. The molecule has 1 N–H and O–H groups in total. The van der Waals surface area contributed by atoms with E-state index in [9.17, 15) is 27.6 Å². The van der Waals surface area contributed by atoms with E-state index in [1.165, 1.54) is 32.2 Å². The number of fused-ring (bicyclic) bond motifs is 1. The number of nitrogens with one attached hydrogen (secondary N) is 1. The topological polar surface area (TPSA) is 101 Å². The van der Waals surface area contributed by atoms with Gasteiger partial charge in [-0.1, -0.05) is 24.3 Å². The Morgan fingerprint density at radius 3 is 2.50 bits per heavy atom. The molecule has 11 heteroatoms. The molecule has 2 aromatic carbocycles. The number of aryl methyl sites for hydroxylation is 1. The molecule has 4 rings (SSSR count). The van der Waals surface area contributed by atoms with Gasteiger partial charge >= 0.3 is 6.18 Å². The third-order valence-electron chi connectivity index (χ3n) is 5.14. The summed E-state index contributed by atoms with van der Waals surface area (Å²) in [6, 6.07) is 12.5. The molecule has 2 aromatic heterocycles. The van der Waals surface area contributed by atoms with Gasteiger partial charge in [-0.25, -0.2) is 9.67 Å². The molecule has 0 aliphatic rings. The second-order valence-corrected chi connectivity index (χ2v) is 7.62. The Balaban J connectivity index is 1.71. The highest BCUT2D eigenvalue weighted by atomic mass is 19.4. The van der Waals surface area contributed by atoms with E-state index in [-0.39, 0.29) is 29.3 Å². The second-order valence-electron chi connectivity index (χ2n) is 7.62. The number of carbonyl (C=O) groups excluding carboxylic acids is 1. The number of alkyl halides is 3. The van der Waals surface area contributed by atoms with Crippen molar-refractivity contribution in [1.82, 2.24) is 24.6 Å². The van der Waals surface area contributed by atoms with Gasteiger partial charge in [-0.2, -0.15) is 18.3 Å². The number of benzene rings is 2. The minimum atomic E-state index is -4.66. The number of aromatic amines is 1. The lowest BCUT2D eigenvalue weighted by Crippen LogP contribution is -2.34. The van der Waals surface area contributed by atoms with Crippen LogP contribution in [0.1, 0.15) is 27.6 Å². The lowest BCUT2D eigenvalue weighted by Gasteiger charge is -2.19. The smallest absolute Gasteiger partial charge is 0.333 e. The minimum absolute atomic E-state index is 0.126. The number of rotatable bonds is 4. The molecule has 2 heterocycles. The molecule has 0 spiro atoms. The summed E-state index contributed by atoms with van der Waals surface area (Å²) in [7, 11) is 1.37. The Labute approximate surface area is 190 Å². The summed E-state index contributed by atoms with van der Waals surface area (Å²) in [5, 5.41) is 4.35.